The van der Waals surface area contributed by atoms with Crippen molar-refractivity contribution in [2.45, 2.75) is 90.8 Å². The van der Waals surface area contributed by atoms with Crippen LogP contribution in [0.3, 0.4) is 0 Å². The molecular formula is C52H59F3N8O. The Bertz CT molecular complexity index is 2670. The number of amides is 1. The highest BCUT2D eigenvalue weighted by atomic mass is 19.4. The van der Waals surface area contributed by atoms with Gasteiger partial charge in [0.1, 0.15) is 0 Å². The average Bonchev–Trinajstić information content (AvgIpc) is 3.83. The van der Waals surface area contributed by atoms with E-state index in [-0.39, 0.29) is 17.9 Å². The van der Waals surface area contributed by atoms with Crippen LogP contribution < -0.4 is 21.3 Å². The molecule has 3 aromatic heterocycles. The van der Waals surface area contributed by atoms with Crippen LogP contribution in [-0.4, -0.2) is 70.7 Å². The van der Waals surface area contributed by atoms with E-state index in [1.165, 1.54) is 41.4 Å². The number of aromatic nitrogens is 3. The largest absolute Gasteiger partial charge is 0.416 e. The maximum Gasteiger partial charge on any atom is 0.416 e. The average molecular weight is 869 g/mol. The summed E-state index contributed by atoms with van der Waals surface area (Å²) in [4.78, 5) is 20.1. The number of halogens is 3. The van der Waals surface area contributed by atoms with Crippen molar-refractivity contribution >= 4 is 33.4 Å². The topological polar surface area (TPSA) is 91.2 Å². The summed E-state index contributed by atoms with van der Waals surface area (Å²) in [6.07, 6.45) is 0.503. The highest BCUT2D eigenvalue weighted by molar-refractivity contribution is 5.94. The van der Waals surface area contributed by atoms with Crippen LogP contribution in [0.15, 0.2) is 91.1 Å². The third-order valence-corrected chi connectivity index (χ3v) is 12.2. The second-order valence-electron chi connectivity index (χ2n) is 17.3. The molecule has 1 amide bonds. The molecule has 0 bridgehead atoms. The number of piperidine rings is 1. The van der Waals surface area contributed by atoms with Crippen molar-refractivity contribution in [1.29, 1.82) is 0 Å². The van der Waals surface area contributed by atoms with Gasteiger partial charge >= 0.3 is 6.18 Å². The molecule has 9 nitrogen and oxygen atoms in total. The van der Waals surface area contributed by atoms with E-state index in [1.807, 2.05) is 12.1 Å². The molecular weight excluding hydrogens is 810 g/mol. The van der Waals surface area contributed by atoms with Crippen molar-refractivity contribution in [3.05, 3.63) is 130 Å². The second kappa shape index (κ2) is 20.6. The van der Waals surface area contributed by atoms with Crippen LogP contribution in [0.5, 0.6) is 0 Å². The highest BCUT2D eigenvalue weighted by Crippen LogP contribution is 2.30. The summed E-state index contributed by atoms with van der Waals surface area (Å²) in [6, 6.07) is 26.6. The van der Waals surface area contributed by atoms with E-state index in [4.69, 9.17) is 4.98 Å². The van der Waals surface area contributed by atoms with Crippen molar-refractivity contribution in [1.82, 2.24) is 35.0 Å². The SMILES string of the molecule is CCn1c(C#CCNc2ccc(C(F)(F)F)cc2)cc2cc(CNCCC(C)(C)c3ccc(C(=O)NCC#Cc4cc5cc(CNC6CCN(C)CC6)ccc5n4CC)cn3)ccc21. The molecule has 0 spiro atoms. The minimum Gasteiger partial charge on any atom is -0.374 e. The molecule has 1 aliphatic rings. The number of aryl methyl sites for hydroxylation is 2. The maximum absolute atomic E-state index is 13.0. The summed E-state index contributed by atoms with van der Waals surface area (Å²) in [6.45, 7) is 15.3. The lowest BCUT2D eigenvalue weighted by atomic mass is 9.85. The number of anilines is 1. The number of rotatable bonds is 15. The molecule has 0 radical (unpaired) electrons. The number of alkyl halides is 3. The fourth-order valence-corrected chi connectivity index (χ4v) is 8.33. The molecule has 334 valence electrons. The summed E-state index contributed by atoms with van der Waals surface area (Å²) >= 11 is 0. The van der Waals surface area contributed by atoms with Crippen LogP contribution in [-0.2, 0) is 37.8 Å². The van der Waals surface area contributed by atoms with Gasteiger partial charge in [-0.1, -0.05) is 37.8 Å². The first kappa shape index (κ1) is 46.0. The molecule has 0 unspecified atom stereocenters. The van der Waals surface area contributed by atoms with Crippen LogP contribution in [0.2, 0.25) is 0 Å². The number of nitrogens with one attached hydrogen (secondary N) is 4. The molecule has 7 rings (SSSR count). The number of likely N-dealkylation sites (tertiary alicyclic amines) is 1. The zero-order chi connectivity index (χ0) is 45.3. The first-order valence-electron chi connectivity index (χ1n) is 22.3. The third kappa shape index (κ3) is 11.5. The lowest BCUT2D eigenvalue weighted by molar-refractivity contribution is -0.137. The fraction of sp³-hybridized carbons (Fsp3) is 0.385. The van der Waals surface area contributed by atoms with Gasteiger partial charge in [-0.2, -0.15) is 13.2 Å². The Morgan fingerprint density at radius 3 is 1.97 bits per heavy atom. The number of benzene rings is 3. The number of pyridine rings is 1. The quantitative estimate of drug-likeness (QED) is 0.0609. The van der Waals surface area contributed by atoms with Crippen molar-refractivity contribution in [3.8, 4) is 23.7 Å². The standard InChI is InChI=1S/C52H59F3N8O/c1-6-62-45(10-8-25-57-43-17-15-42(16-18-43)52(53,54)55)32-40-30-37(12-19-47(40)62)34-56-27-24-51(3,4)49-21-14-39(36-60-49)50(64)58-26-9-11-46-33-41-31-38(13-20-48(41)63(46)7-2)35-59-44-22-28-61(5)29-23-44/h12-21,30-33,36,44,56-57,59H,6-7,22-29,34-35H2,1-5H3,(H,58,64). The van der Waals surface area contributed by atoms with Crippen LogP contribution >= 0.6 is 0 Å². The van der Waals surface area contributed by atoms with Gasteiger partial charge in [0.25, 0.3) is 5.91 Å². The number of nitrogens with zero attached hydrogens (tertiary/aromatic N) is 4. The first-order chi connectivity index (χ1) is 30.8. The van der Waals surface area contributed by atoms with E-state index in [9.17, 15) is 18.0 Å². The minimum atomic E-state index is -4.36. The van der Waals surface area contributed by atoms with Gasteiger partial charge in [0.15, 0.2) is 0 Å². The maximum atomic E-state index is 13.0. The van der Waals surface area contributed by atoms with Gasteiger partial charge in [-0.05, 0) is 156 Å². The Kier molecular flexibility index (Phi) is 14.8. The molecule has 4 heterocycles. The molecule has 0 atom stereocenters. The van der Waals surface area contributed by atoms with Gasteiger partial charge in [-0.15, -0.1) is 0 Å². The van der Waals surface area contributed by atoms with Gasteiger partial charge in [0.2, 0.25) is 0 Å². The van der Waals surface area contributed by atoms with Gasteiger partial charge in [0, 0.05) is 77.0 Å². The van der Waals surface area contributed by atoms with Gasteiger partial charge in [-0.25, -0.2) is 0 Å². The number of fused-ring (bicyclic) bond motifs is 2. The van der Waals surface area contributed by atoms with Crippen LogP contribution in [0, 0.1) is 23.7 Å². The normalized spacial score (nSPS) is 13.7. The summed E-state index contributed by atoms with van der Waals surface area (Å²) < 4.78 is 43.0. The molecule has 1 aliphatic heterocycles. The molecule has 4 N–H and O–H groups in total. The summed E-state index contributed by atoms with van der Waals surface area (Å²) in [5, 5.41) is 15.6. The van der Waals surface area contributed by atoms with Crippen molar-refractivity contribution in [2.75, 3.05) is 45.1 Å². The molecule has 0 aliphatic carbocycles. The zero-order valence-corrected chi connectivity index (χ0v) is 37.6. The summed E-state index contributed by atoms with van der Waals surface area (Å²) in [5.41, 5.74) is 7.63. The minimum absolute atomic E-state index is 0.204. The van der Waals surface area contributed by atoms with Gasteiger partial charge in [0.05, 0.1) is 35.6 Å². The Morgan fingerprint density at radius 2 is 1.39 bits per heavy atom. The number of hydrogen-bond donors (Lipinski definition) is 4. The van der Waals surface area contributed by atoms with Gasteiger partial charge in [-0.3, -0.25) is 9.78 Å². The molecule has 1 saturated heterocycles. The van der Waals surface area contributed by atoms with E-state index < -0.39 is 11.7 Å². The molecule has 64 heavy (non-hydrogen) atoms. The van der Waals surface area contributed by atoms with Gasteiger partial charge < -0.3 is 35.3 Å². The Labute approximate surface area is 375 Å². The summed E-state index contributed by atoms with van der Waals surface area (Å²) in [5.74, 6) is 12.6. The Hall–Kier alpha value is -6.05. The molecule has 12 heteroatoms. The van der Waals surface area contributed by atoms with E-state index in [1.54, 1.807) is 6.20 Å². The van der Waals surface area contributed by atoms with Crippen LogP contribution in [0.4, 0.5) is 18.9 Å². The van der Waals surface area contributed by atoms with Crippen molar-refractivity contribution < 1.29 is 18.0 Å². The predicted molar refractivity (Wildman–Crippen MR) is 252 cm³/mol. The van der Waals surface area contributed by atoms with Crippen molar-refractivity contribution in [2.24, 2.45) is 0 Å². The number of hydrogen-bond acceptors (Lipinski definition) is 6. The van der Waals surface area contributed by atoms with E-state index in [2.05, 4.69) is 142 Å². The highest BCUT2D eigenvalue weighted by Gasteiger charge is 2.30. The lowest BCUT2D eigenvalue weighted by Gasteiger charge is -2.29. The smallest absolute Gasteiger partial charge is 0.374 e. The summed E-state index contributed by atoms with van der Waals surface area (Å²) in [7, 11) is 2.19. The first-order valence-corrected chi connectivity index (χ1v) is 22.3. The molecule has 0 saturated carbocycles. The number of carbonyl (C=O) groups excluding carboxylic acids is 1. The molecule has 6 aromatic rings. The third-order valence-electron chi connectivity index (χ3n) is 12.2. The Morgan fingerprint density at radius 1 is 0.781 bits per heavy atom. The second-order valence-corrected chi connectivity index (χ2v) is 17.3. The lowest BCUT2D eigenvalue weighted by Crippen LogP contribution is -2.40. The van der Waals surface area contributed by atoms with E-state index in [0.29, 0.717) is 30.4 Å². The number of carbonyl (C=O) groups is 1. The molecule has 1 fully saturated rings. The fourth-order valence-electron chi connectivity index (χ4n) is 8.33. The molecule has 3 aromatic carbocycles. The van der Waals surface area contributed by atoms with E-state index >= 15 is 0 Å². The monoisotopic (exact) mass is 868 g/mol. The van der Waals surface area contributed by atoms with Crippen LogP contribution in [0.25, 0.3) is 21.8 Å². The van der Waals surface area contributed by atoms with Crippen molar-refractivity contribution in [3.63, 3.8) is 0 Å². The van der Waals surface area contributed by atoms with E-state index in [0.717, 1.165) is 91.4 Å². The van der Waals surface area contributed by atoms with Crippen LogP contribution in [0.1, 0.15) is 91.1 Å². The predicted octanol–water partition coefficient (Wildman–Crippen LogP) is 8.94. The zero-order valence-electron chi connectivity index (χ0n) is 37.6. The Balaban J connectivity index is 0.861.